The molecule has 1 heterocycles. The largest absolute Gasteiger partial charge is 0.299 e. The van der Waals surface area contributed by atoms with Gasteiger partial charge in [-0.3, -0.25) is 10.4 Å². The first kappa shape index (κ1) is 13.4. The Hall–Kier alpha value is -2.05. The van der Waals surface area contributed by atoms with Gasteiger partial charge in [0.15, 0.2) is 0 Å². The first-order valence-corrected chi connectivity index (χ1v) is 6.62. The van der Waals surface area contributed by atoms with Crippen LogP contribution in [-0.4, -0.2) is 16.2 Å². The van der Waals surface area contributed by atoms with Crippen LogP contribution in [0.4, 0.5) is 0 Å². The molecule has 98 valence electrons. The molecule has 2 N–H and O–H groups in total. The van der Waals surface area contributed by atoms with Gasteiger partial charge in [0.05, 0.1) is 17.9 Å². The van der Waals surface area contributed by atoms with Gasteiger partial charge in [-0.2, -0.15) is 5.10 Å². The molecule has 19 heavy (non-hydrogen) atoms. The zero-order valence-electron chi connectivity index (χ0n) is 11.2. The van der Waals surface area contributed by atoms with Gasteiger partial charge < -0.3 is 0 Å². The lowest BCUT2D eigenvalue weighted by molar-refractivity contribution is 0.563. The molecule has 3 nitrogen and oxygen atoms in total. The molecule has 2 rings (SSSR count). The van der Waals surface area contributed by atoms with Gasteiger partial charge in [-0.15, -0.1) is 6.42 Å². The molecule has 0 amide bonds. The Labute approximate surface area is 114 Å². The summed E-state index contributed by atoms with van der Waals surface area (Å²) in [5.41, 5.74) is 3.34. The zero-order chi connectivity index (χ0) is 13.5. The molecule has 3 heteroatoms. The number of nitrogens with one attached hydrogen (secondary N) is 2. The molecular weight excluding hydrogens is 234 g/mol. The lowest BCUT2D eigenvalue weighted by Crippen LogP contribution is -2.26. The molecule has 0 saturated heterocycles. The molecule has 2 aromatic rings. The fourth-order valence-corrected chi connectivity index (χ4v) is 2.07. The lowest BCUT2D eigenvalue weighted by Gasteiger charge is -2.11. The van der Waals surface area contributed by atoms with Crippen molar-refractivity contribution in [3.05, 3.63) is 42.1 Å². The van der Waals surface area contributed by atoms with E-state index in [4.69, 9.17) is 6.42 Å². The van der Waals surface area contributed by atoms with E-state index in [1.807, 2.05) is 24.4 Å². The quantitative estimate of drug-likeness (QED) is 0.777. The topological polar surface area (TPSA) is 40.7 Å². The Morgan fingerprint density at radius 1 is 1.37 bits per heavy atom. The smallest absolute Gasteiger partial charge is 0.0695 e. The normalized spacial score (nSPS) is 12.0. The molecule has 0 radical (unpaired) electrons. The van der Waals surface area contributed by atoms with E-state index in [0.717, 1.165) is 36.2 Å². The van der Waals surface area contributed by atoms with E-state index in [1.54, 1.807) is 0 Å². The van der Waals surface area contributed by atoms with Crippen LogP contribution in [-0.2, 0) is 6.54 Å². The van der Waals surface area contributed by atoms with E-state index >= 15 is 0 Å². The number of rotatable bonds is 6. The molecule has 1 aromatic heterocycles. The molecule has 1 aromatic carbocycles. The molecule has 0 aliphatic rings. The van der Waals surface area contributed by atoms with Crippen molar-refractivity contribution in [2.45, 2.75) is 32.4 Å². The highest BCUT2D eigenvalue weighted by Gasteiger charge is 2.09. The van der Waals surface area contributed by atoms with E-state index in [9.17, 15) is 0 Å². The van der Waals surface area contributed by atoms with Gasteiger partial charge in [-0.1, -0.05) is 49.6 Å². The van der Waals surface area contributed by atoms with E-state index in [1.165, 1.54) is 0 Å². The van der Waals surface area contributed by atoms with Gasteiger partial charge >= 0.3 is 0 Å². The number of nitrogens with zero attached hydrogens (tertiary/aromatic N) is 1. The second-order valence-corrected chi connectivity index (χ2v) is 4.53. The fourth-order valence-electron chi connectivity index (χ4n) is 2.07. The van der Waals surface area contributed by atoms with Crippen LogP contribution in [0, 0.1) is 12.3 Å². The summed E-state index contributed by atoms with van der Waals surface area (Å²) in [4.78, 5) is 0. The maximum atomic E-state index is 5.51. The van der Waals surface area contributed by atoms with Crippen molar-refractivity contribution < 1.29 is 0 Å². The Morgan fingerprint density at radius 2 is 2.16 bits per heavy atom. The molecule has 0 spiro atoms. The maximum Gasteiger partial charge on any atom is 0.0695 e. The van der Waals surface area contributed by atoms with Crippen molar-refractivity contribution in [1.29, 1.82) is 0 Å². The third kappa shape index (κ3) is 3.46. The van der Waals surface area contributed by atoms with Gasteiger partial charge in [0.25, 0.3) is 0 Å². The second-order valence-electron chi connectivity index (χ2n) is 4.53. The Kier molecular flexibility index (Phi) is 4.77. The summed E-state index contributed by atoms with van der Waals surface area (Å²) in [6.45, 7) is 2.87. The summed E-state index contributed by atoms with van der Waals surface area (Å²) in [6.07, 6.45) is 9.44. The highest BCUT2D eigenvalue weighted by molar-refractivity contribution is 5.62. The molecular formula is C16H19N3. The van der Waals surface area contributed by atoms with Gasteiger partial charge in [0, 0.05) is 12.1 Å². The predicted molar refractivity (Wildman–Crippen MR) is 78.4 cm³/mol. The Bertz CT molecular complexity index is 537. The Balaban J connectivity index is 2.07. The minimum absolute atomic E-state index is 0.128. The summed E-state index contributed by atoms with van der Waals surface area (Å²) in [7, 11) is 0. The maximum absolute atomic E-state index is 5.51. The third-order valence-corrected chi connectivity index (χ3v) is 3.10. The van der Waals surface area contributed by atoms with Crippen molar-refractivity contribution in [2.75, 3.05) is 0 Å². The summed E-state index contributed by atoms with van der Waals surface area (Å²) in [5, 5.41) is 10.6. The third-order valence-electron chi connectivity index (χ3n) is 3.10. The van der Waals surface area contributed by atoms with E-state index < -0.39 is 0 Å². The van der Waals surface area contributed by atoms with E-state index in [0.29, 0.717) is 0 Å². The molecule has 1 unspecified atom stereocenters. The molecule has 0 aliphatic heterocycles. The van der Waals surface area contributed by atoms with Crippen LogP contribution in [0.5, 0.6) is 0 Å². The average molecular weight is 253 g/mol. The number of H-pyrrole nitrogens is 1. The second kappa shape index (κ2) is 6.77. The van der Waals surface area contributed by atoms with Crippen LogP contribution in [0.1, 0.15) is 25.3 Å². The molecule has 0 saturated carbocycles. The van der Waals surface area contributed by atoms with Crippen molar-refractivity contribution in [3.63, 3.8) is 0 Å². The highest BCUT2D eigenvalue weighted by Crippen LogP contribution is 2.20. The standard InChI is InChI=1S/C16H19N3/c1-3-8-15(4-2)17-11-14-12-18-19-16(14)13-9-6-5-7-10-13/h2,5-7,9-10,12,15,17H,3,8,11H2,1H3,(H,18,19). The summed E-state index contributed by atoms with van der Waals surface area (Å²) < 4.78 is 0. The van der Waals surface area contributed by atoms with Crippen LogP contribution in [0.2, 0.25) is 0 Å². The summed E-state index contributed by atoms with van der Waals surface area (Å²) >= 11 is 0. The first-order valence-electron chi connectivity index (χ1n) is 6.62. The highest BCUT2D eigenvalue weighted by atomic mass is 15.1. The van der Waals surface area contributed by atoms with Crippen molar-refractivity contribution in [2.24, 2.45) is 0 Å². The van der Waals surface area contributed by atoms with Gasteiger partial charge in [0.2, 0.25) is 0 Å². The monoisotopic (exact) mass is 253 g/mol. The van der Waals surface area contributed by atoms with Crippen LogP contribution in [0.15, 0.2) is 36.5 Å². The van der Waals surface area contributed by atoms with Gasteiger partial charge in [0.1, 0.15) is 0 Å². The molecule has 0 fully saturated rings. The van der Waals surface area contributed by atoms with Crippen LogP contribution < -0.4 is 5.32 Å². The first-order chi connectivity index (χ1) is 9.35. The lowest BCUT2D eigenvalue weighted by atomic mass is 10.1. The van der Waals surface area contributed by atoms with Gasteiger partial charge in [-0.05, 0) is 12.0 Å². The summed E-state index contributed by atoms with van der Waals surface area (Å²) in [6, 6.07) is 10.3. The molecule has 0 aliphatic carbocycles. The van der Waals surface area contributed by atoms with Crippen LogP contribution in [0.25, 0.3) is 11.3 Å². The van der Waals surface area contributed by atoms with Crippen LogP contribution in [0.3, 0.4) is 0 Å². The predicted octanol–water partition coefficient (Wildman–Crippen LogP) is 2.97. The van der Waals surface area contributed by atoms with E-state index in [-0.39, 0.29) is 6.04 Å². The SMILES string of the molecule is C#CC(CCC)NCc1cn[nH]c1-c1ccccc1. The average Bonchev–Trinajstić information content (AvgIpc) is 2.93. The van der Waals surface area contributed by atoms with E-state index in [2.05, 4.69) is 40.5 Å². The van der Waals surface area contributed by atoms with Crippen LogP contribution >= 0.6 is 0 Å². The zero-order valence-corrected chi connectivity index (χ0v) is 11.2. The number of aromatic amines is 1. The van der Waals surface area contributed by atoms with Crippen molar-refractivity contribution in [1.82, 2.24) is 15.5 Å². The number of hydrogen-bond donors (Lipinski definition) is 2. The minimum Gasteiger partial charge on any atom is -0.299 e. The number of hydrogen-bond acceptors (Lipinski definition) is 2. The van der Waals surface area contributed by atoms with Gasteiger partial charge in [-0.25, -0.2) is 0 Å². The number of aromatic nitrogens is 2. The number of terminal acetylenes is 1. The molecule has 0 bridgehead atoms. The van der Waals surface area contributed by atoms with Crippen molar-refractivity contribution >= 4 is 0 Å². The number of benzene rings is 1. The minimum atomic E-state index is 0.128. The molecule has 1 atom stereocenters. The summed E-state index contributed by atoms with van der Waals surface area (Å²) in [5.74, 6) is 2.78. The Morgan fingerprint density at radius 3 is 2.84 bits per heavy atom. The van der Waals surface area contributed by atoms with Crippen molar-refractivity contribution in [3.8, 4) is 23.6 Å². The fraction of sp³-hybridized carbons (Fsp3) is 0.312.